The molecule has 13 heteroatoms. The Balaban J connectivity index is 1.19. The predicted octanol–water partition coefficient (Wildman–Crippen LogP) is 4.06. The number of anilines is 7. The molecule has 5 rings (SSSR count). The average molecular weight is 660 g/mol. The number of hydrogen-bond donors (Lipinski definition) is 7. The number of nitrogens with two attached hydrogens (primary N) is 3. The fourth-order valence-corrected chi connectivity index (χ4v) is 4.91. The Bertz CT molecular complexity index is 2060. The summed E-state index contributed by atoms with van der Waals surface area (Å²) in [5.41, 5.74) is 21.6. The van der Waals surface area contributed by atoms with Crippen molar-refractivity contribution in [2.24, 2.45) is 0 Å². The van der Waals surface area contributed by atoms with E-state index in [1.807, 2.05) is 53.7 Å². The predicted molar refractivity (Wildman–Crippen MR) is 189 cm³/mol. The van der Waals surface area contributed by atoms with E-state index in [0.717, 1.165) is 13.1 Å². The highest BCUT2D eigenvalue weighted by atomic mass is 16.2. The van der Waals surface area contributed by atoms with E-state index in [1.54, 1.807) is 30.5 Å². The topological polar surface area (TPSA) is 202 Å². The van der Waals surface area contributed by atoms with Crippen LogP contribution in [0.25, 0.3) is 0 Å². The standard InChI is InChI=1S/C36H35N9O4/c1-3-44-17-5-7-25(20-44)40-35(48)24-13-15-29(28(37)19-24)42-33(46)22-9-11-23(12-10-22)34(47)43-30-16-14-27(31(38)32(30)39)36(49)41-26-8-6-18-45(4-2)21-26/h5-21H,3-4H2,1-2H3,(H8-2,37,38,39,40,41,42,43,46,47,48,49)/p+2. The monoisotopic (exact) mass is 659 g/mol. The van der Waals surface area contributed by atoms with Gasteiger partial charge in [-0.3, -0.25) is 19.2 Å². The summed E-state index contributed by atoms with van der Waals surface area (Å²) in [4.78, 5) is 51.6. The summed E-state index contributed by atoms with van der Waals surface area (Å²) < 4.78 is 3.85. The molecule has 49 heavy (non-hydrogen) atoms. The van der Waals surface area contributed by atoms with Crippen molar-refractivity contribution in [3.8, 4) is 0 Å². The number of nitrogens with zero attached hydrogens (tertiary/aromatic N) is 2. The molecule has 5 aromatic rings. The van der Waals surface area contributed by atoms with E-state index < -0.39 is 17.7 Å². The number of carbonyl (C=O) groups is 4. The number of hydrogen-bond acceptors (Lipinski definition) is 7. The van der Waals surface area contributed by atoms with E-state index in [9.17, 15) is 19.2 Å². The van der Waals surface area contributed by atoms with Gasteiger partial charge in [-0.1, -0.05) is 0 Å². The molecule has 0 aliphatic heterocycles. The fraction of sp³-hybridized carbons (Fsp3) is 0.111. The van der Waals surface area contributed by atoms with Gasteiger partial charge in [0.05, 0.1) is 34.0 Å². The third-order valence-electron chi connectivity index (χ3n) is 7.71. The number of nitrogens with one attached hydrogen (secondary N) is 4. The lowest BCUT2D eigenvalue weighted by atomic mass is 10.1. The molecule has 0 aliphatic rings. The number of aryl methyl sites for hydroxylation is 2. The molecular formula is C36H37N9O4+2. The van der Waals surface area contributed by atoms with Crippen LogP contribution in [0.1, 0.15) is 55.3 Å². The van der Waals surface area contributed by atoms with E-state index in [0.29, 0.717) is 22.6 Å². The summed E-state index contributed by atoms with van der Waals surface area (Å²) in [6, 6.07) is 20.7. The van der Waals surface area contributed by atoms with E-state index in [-0.39, 0.29) is 45.3 Å². The normalized spacial score (nSPS) is 10.6. The maximum absolute atomic E-state index is 13.0. The smallest absolute Gasteiger partial charge is 0.258 e. The minimum absolute atomic E-state index is 0.0235. The van der Waals surface area contributed by atoms with Crippen LogP contribution in [0.4, 0.5) is 39.8 Å². The summed E-state index contributed by atoms with van der Waals surface area (Å²) in [6.07, 6.45) is 7.40. The first-order valence-corrected chi connectivity index (χ1v) is 15.5. The Morgan fingerprint density at radius 2 is 1.02 bits per heavy atom. The molecule has 3 aromatic carbocycles. The van der Waals surface area contributed by atoms with E-state index >= 15 is 0 Å². The molecule has 0 aliphatic carbocycles. The molecule has 0 fully saturated rings. The van der Waals surface area contributed by atoms with Gasteiger partial charge in [0.15, 0.2) is 24.8 Å². The molecule has 10 N–H and O–H groups in total. The van der Waals surface area contributed by atoms with Crippen LogP contribution < -0.4 is 47.6 Å². The molecule has 0 bridgehead atoms. The highest BCUT2D eigenvalue weighted by molar-refractivity contribution is 6.13. The maximum atomic E-state index is 13.0. The summed E-state index contributed by atoms with van der Waals surface area (Å²) in [5, 5.41) is 11.1. The van der Waals surface area contributed by atoms with E-state index in [4.69, 9.17) is 17.2 Å². The third-order valence-corrected chi connectivity index (χ3v) is 7.71. The van der Waals surface area contributed by atoms with Crippen LogP contribution in [0.15, 0.2) is 104 Å². The molecule has 0 saturated carbocycles. The van der Waals surface area contributed by atoms with Crippen molar-refractivity contribution in [1.29, 1.82) is 0 Å². The zero-order valence-electron chi connectivity index (χ0n) is 27.0. The molecule has 0 saturated heterocycles. The Labute approximate surface area is 282 Å². The first kappa shape index (κ1) is 33.6. The Morgan fingerprint density at radius 3 is 1.55 bits per heavy atom. The van der Waals surface area contributed by atoms with Crippen molar-refractivity contribution >= 4 is 63.4 Å². The number of carbonyl (C=O) groups excluding carboxylic acids is 4. The Morgan fingerprint density at radius 1 is 0.551 bits per heavy atom. The van der Waals surface area contributed by atoms with Crippen molar-refractivity contribution < 1.29 is 28.3 Å². The van der Waals surface area contributed by atoms with E-state index in [2.05, 4.69) is 21.3 Å². The van der Waals surface area contributed by atoms with Gasteiger partial charge in [-0.15, -0.1) is 0 Å². The summed E-state index contributed by atoms with van der Waals surface area (Å²) in [7, 11) is 0. The Kier molecular flexibility index (Phi) is 10.1. The molecule has 2 aromatic heterocycles. The zero-order chi connectivity index (χ0) is 35.1. The van der Waals surface area contributed by atoms with Crippen LogP contribution >= 0.6 is 0 Å². The van der Waals surface area contributed by atoms with Crippen molar-refractivity contribution in [3.63, 3.8) is 0 Å². The molecule has 4 amide bonds. The average Bonchev–Trinajstić information content (AvgIpc) is 3.11. The molecule has 0 atom stereocenters. The van der Waals surface area contributed by atoms with Crippen LogP contribution in [0.3, 0.4) is 0 Å². The van der Waals surface area contributed by atoms with E-state index in [1.165, 1.54) is 42.5 Å². The first-order valence-electron chi connectivity index (χ1n) is 15.5. The van der Waals surface area contributed by atoms with Gasteiger partial charge in [0.25, 0.3) is 23.6 Å². The number of pyridine rings is 2. The minimum atomic E-state index is -0.498. The number of benzene rings is 3. The summed E-state index contributed by atoms with van der Waals surface area (Å²) in [6.45, 7) is 5.48. The lowest BCUT2D eigenvalue weighted by Crippen LogP contribution is -2.31. The number of aromatic nitrogens is 2. The van der Waals surface area contributed by atoms with Crippen LogP contribution in [-0.2, 0) is 13.1 Å². The molecule has 2 heterocycles. The SMILES string of the molecule is CC[n+]1cccc(NC(=O)c2ccc(NC(=O)c3ccc(C(=O)Nc4ccc(C(=O)Nc5ccc[n+](CC)c5)c(N)c4N)cc3)c(N)c2)c1. The van der Waals surface area contributed by atoms with Gasteiger partial charge in [0.2, 0.25) is 0 Å². The number of rotatable bonds is 10. The van der Waals surface area contributed by atoms with Gasteiger partial charge in [-0.05, 0) is 80.6 Å². The number of nitrogen functional groups attached to an aromatic ring is 3. The highest BCUT2D eigenvalue weighted by Crippen LogP contribution is 2.30. The molecule has 248 valence electrons. The van der Waals surface area contributed by atoms with Crippen molar-refractivity contribution in [1.82, 2.24) is 0 Å². The van der Waals surface area contributed by atoms with Gasteiger partial charge in [-0.25, -0.2) is 9.13 Å². The molecular weight excluding hydrogens is 622 g/mol. The van der Waals surface area contributed by atoms with Gasteiger partial charge >= 0.3 is 0 Å². The summed E-state index contributed by atoms with van der Waals surface area (Å²) >= 11 is 0. The van der Waals surface area contributed by atoms with Crippen LogP contribution in [0.5, 0.6) is 0 Å². The molecule has 0 radical (unpaired) electrons. The second-order valence-electron chi connectivity index (χ2n) is 11.0. The van der Waals surface area contributed by atoms with Crippen LogP contribution in [-0.4, -0.2) is 23.6 Å². The quantitative estimate of drug-likeness (QED) is 0.0865. The van der Waals surface area contributed by atoms with Crippen molar-refractivity contribution in [3.05, 3.63) is 126 Å². The summed E-state index contributed by atoms with van der Waals surface area (Å²) in [5.74, 6) is -1.75. The second-order valence-corrected chi connectivity index (χ2v) is 11.0. The fourth-order valence-electron chi connectivity index (χ4n) is 4.91. The van der Waals surface area contributed by atoms with Gasteiger partial charge in [0, 0.05) is 28.8 Å². The lowest BCUT2D eigenvalue weighted by Gasteiger charge is -2.14. The minimum Gasteiger partial charge on any atom is -0.397 e. The first-order chi connectivity index (χ1) is 23.6. The lowest BCUT2D eigenvalue weighted by molar-refractivity contribution is -0.693. The Hall–Kier alpha value is -6.76. The zero-order valence-corrected chi connectivity index (χ0v) is 27.0. The largest absolute Gasteiger partial charge is 0.397 e. The molecule has 0 spiro atoms. The van der Waals surface area contributed by atoms with Gasteiger partial charge in [-0.2, -0.15) is 0 Å². The third kappa shape index (κ3) is 7.97. The second kappa shape index (κ2) is 14.8. The number of amides is 4. The molecule has 13 nitrogen and oxygen atoms in total. The highest BCUT2D eigenvalue weighted by Gasteiger charge is 2.18. The molecule has 0 unspecified atom stereocenters. The van der Waals surface area contributed by atoms with Gasteiger partial charge in [0.1, 0.15) is 24.5 Å². The van der Waals surface area contributed by atoms with Crippen LogP contribution in [0, 0.1) is 0 Å². The van der Waals surface area contributed by atoms with Crippen molar-refractivity contribution in [2.45, 2.75) is 26.9 Å². The van der Waals surface area contributed by atoms with Crippen molar-refractivity contribution in [2.75, 3.05) is 38.5 Å². The van der Waals surface area contributed by atoms with Gasteiger partial charge < -0.3 is 38.5 Å². The maximum Gasteiger partial charge on any atom is 0.258 e. The van der Waals surface area contributed by atoms with Crippen LogP contribution in [0.2, 0.25) is 0 Å².